The fourth-order valence-electron chi connectivity index (χ4n) is 0.533. The number of hydrogen-bond acceptors (Lipinski definition) is 0. The Balaban J connectivity index is 4.74. The molecule has 82 valence electrons. The lowest BCUT2D eigenvalue weighted by Gasteiger charge is -2.20. The van der Waals surface area contributed by atoms with E-state index in [2.05, 4.69) is 51.9 Å². The molecule has 0 aromatic rings. The van der Waals surface area contributed by atoms with Gasteiger partial charge in [-0.3, -0.25) is 0 Å². The molecule has 0 heterocycles. The van der Waals surface area contributed by atoms with Crippen molar-refractivity contribution in [3.05, 3.63) is 0 Å². The quantitative estimate of drug-likeness (QED) is 0.392. The third-order valence-corrected chi connectivity index (χ3v) is 11.7. The molecule has 0 fully saturated rings. The smallest absolute Gasteiger partial charge is 0.150 e. The van der Waals surface area contributed by atoms with Crippen molar-refractivity contribution in [2.45, 2.75) is 51.9 Å². The van der Waals surface area contributed by atoms with Crippen molar-refractivity contribution in [1.82, 2.24) is 0 Å². The molecule has 0 aliphatic carbocycles. The summed E-state index contributed by atoms with van der Waals surface area (Å²) < 4.78 is 0. The molecule has 0 saturated heterocycles. The zero-order valence-corrected chi connectivity index (χ0v) is 13.4. The Morgan fingerprint density at radius 1 is 0.786 bits per heavy atom. The highest BCUT2D eigenvalue weighted by atomic mass is 35.6. The molecule has 0 aliphatic heterocycles. The van der Waals surface area contributed by atoms with Crippen LogP contribution in [0.1, 0.15) is 27.7 Å². The third kappa shape index (κ3) is 4.40. The van der Waals surface area contributed by atoms with Gasteiger partial charge in [0.2, 0.25) is 14.8 Å². The van der Waals surface area contributed by atoms with E-state index < -0.39 is 14.8 Å². The van der Waals surface area contributed by atoms with Gasteiger partial charge in [-0.25, -0.2) is 0 Å². The van der Waals surface area contributed by atoms with E-state index in [0.29, 0.717) is 11.1 Å². The molecular formula is C10H20Cl2Si2. The van der Waals surface area contributed by atoms with E-state index in [1.165, 1.54) is 0 Å². The molecule has 0 rings (SSSR count). The summed E-state index contributed by atoms with van der Waals surface area (Å²) in [5.41, 5.74) is 7.48. The van der Waals surface area contributed by atoms with Gasteiger partial charge < -0.3 is 0 Å². The Morgan fingerprint density at radius 2 is 1.00 bits per heavy atom. The molecule has 14 heavy (non-hydrogen) atoms. The molecular weight excluding hydrogens is 247 g/mol. The Morgan fingerprint density at radius 3 is 1.14 bits per heavy atom. The second-order valence-corrected chi connectivity index (χ2v) is 16.5. The summed E-state index contributed by atoms with van der Waals surface area (Å²) in [7, 11) is -3.75. The van der Waals surface area contributed by atoms with E-state index in [0.717, 1.165) is 0 Å². The van der Waals surface area contributed by atoms with Gasteiger partial charge in [-0.15, -0.1) is 11.1 Å². The molecule has 0 aromatic heterocycles. The van der Waals surface area contributed by atoms with Crippen LogP contribution in [0.15, 0.2) is 0 Å². The second-order valence-electron chi connectivity index (χ2n) is 4.71. The summed E-state index contributed by atoms with van der Waals surface area (Å²) in [5.74, 6) is 0. The summed E-state index contributed by atoms with van der Waals surface area (Å²) in [4.78, 5) is 0. The molecule has 0 bridgehead atoms. The van der Waals surface area contributed by atoms with Crippen molar-refractivity contribution < 1.29 is 0 Å². The van der Waals surface area contributed by atoms with Gasteiger partial charge in [-0.05, 0) is 24.2 Å². The van der Waals surface area contributed by atoms with E-state index in [1.54, 1.807) is 0 Å². The predicted molar refractivity (Wildman–Crippen MR) is 72.9 cm³/mol. The lowest BCUT2D eigenvalue weighted by molar-refractivity contribution is 1.04. The first kappa shape index (κ1) is 14.6. The average Bonchev–Trinajstić information content (AvgIpc) is 2.01. The van der Waals surface area contributed by atoms with Crippen LogP contribution < -0.4 is 0 Å². The molecule has 4 heteroatoms. The average molecular weight is 267 g/mol. The van der Waals surface area contributed by atoms with Crippen molar-refractivity contribution >= 4 is 36.9 Å². The summed E-state index contributed by atoms with van der Waals surface area (Å²) >= 11 is 12.8. The summed E-state index contributed by atoms with van der Waals surface area (Å²) in [6, 6.07) is 0. The molecule has 0 amide bonds. The van der Waals surface area contributed by atoms with Gasteiger partial charge in [0.15, 0.2) is 0 Å². The maximum Gasteiger partial charge on any atom is 0.232 e. The highest BCUT2D eigenvalue weighted by Crippen LogP contribution is 2.27. The topological polar surface area (TPSA) is 0 Å². The lowest BCUT2D eigenvalue weighted by Crippen LogP contribution is -2.29. The zero-order chi connectivity index (χ0) is 11.6. The molecule has 0 aliphatic rings. The normalized spacial score (nSPS) is 19.9. The van der Waals surface area contributed by atoms with Crippen LogP contribution >= 0.6 is 22.2 Å². The fraction of sp³-hybridized carbons (Fsp3) is 0.800. The van der Waals surface area contributed by atoms with Crippen molar-refractivity contribution in [1.29, 1.82) is 0 Å². The second kappa shape index (κ2) is 5.07. The van der Waals surface area contributed by atoms with Gasteiger partial charge in [0.25, 0.3) is 0 Å². The molecule has 0 radical (unpaired) electrons. The maximum absolute atomic E-state index is 6.41. The van der Waals surface area contributed by atoms with Gasteiger partial charge >= 0.3 is 0 Å². The van der Waals surface area contributed by atoms with Gasteiger partial charge in [0.05, 0.1) is 0 Å². The van der Waals surface area contributed by atoms with Gasteiger partial charge in [-0.2, -0.15) is 22.2 Å². The molecule has 0 N–H and O–H groups in total. The zero-order valence-electron chi connectivity index (χ0n) is 9.91. The highest BCUT2D eigenvalue weighted by molar-refractivity contribution is 7.28. The predicted octanol–water partition coefficient (Wildman–Crippen LogP) is 4.52. The van der Waals surface area contributed by atoms with Crippen molar-refractivity contribution in [2.75, 3.05) is 0 Å². The minimum absolute atomic E-state index is 0.477. The minimum atomic E-state index is -1.87. The Labute approximate surface area is 99.8 Å². The van der Waals surface area contributed by atoms with Crippen molar-refractivity contribution in [2.24, 2.45) is 0 Å². The molecule has 0 spiro atoms. The van der Waals surface area contributed by atoms with Crippen LogP contribution in [0.2, 0.25) is 24.2 Å². The van der Waals surface area contributed by atoms with E-state index in [9.17, 15) is 0 Å². The van der Waals surface area contributed by atoms with E-state index >= 15 is 0 Å². The van der Waals surface area contributed by atoms with E-state index in [4.69, 9.17) is 22.2 Å². The SMILES string of the molecule is CC(C)[Si](C)(Cl)C#C[Si](C)(Cl)C(C)C. The molecule has 2 atom stereocenters. The van der Waals surface area contributed by atoms with Crippen LogP contribution in [-0.2, 0) is 0 Å². The van der Waals surface area contributed by atoms with Crippen LogP contribution in [0.25, 0.3) is 0 Å². The number of rotatable bonds is 2. The van der Waals surface area contributed by atoms with E-state index in [-0.39, 0.29) is 0 Å². The Kier molecular flexibility index (Phi) is 5.28. The van der Waals surface area contributed by atoms with Gasteiger partial charge in [-0.1, -0.05) is 27.7 Å². The van der Waals surface area contributed by atoms with Crippen LogP contribution in [-0.4, -0.2) is 14.8 Å². The summed E-state index contributed by atoms with van der Waals surface area (Å²) in [5, 5.41) is 0. The monoisotopic (exact) mass is 266 g/mol. The number of hydrogen-bond donors (Lipinski definition) is 0. The summed E-state index contributed by atoms with van der Waals surface area (Å²) in [6.45, 7) is 12.7. The van der Waals surface area contributed by atoms with Gasteiger partial charge in [0, 0.05) is 0 Å². The first-order chi connectivity index (χ1) is 6.09. The number of halogens is 2. The highest BCUT2D eigenvalue weighted by Gasteiger charge is 2.30. The Hall–Kier alpha value is 0.574. The van der Waals surface area contributed by atoms with Gasteiger partial charge in [0.1, 0.15) is 0 Å². The first-order valence-corrected chi connectivity index (χ1v) is 12.2. The largest absolute Gasteiger partial charge is 0.232 e. The van der Waals surface area contributed by atoms with Crippen LogP contribution in [0.4, 0.5) is 0 Å². The maximum atomic E-state index is 6.41. The minimum Gasteiger partial charge on any atom is -0.150 e. The lowest BCUT2D eigenvalue weighted by atomic mass is 10.6. The van der Waals surface area contributed by atoms with Crippen LogP contribution in [0.5, 0.6) is 0 Å². The fourth-order valence-corrected chi connectivity index (χ4v) is 3.92. The van der Waals surface area contributed by atoms with E-state index in [1.807, 2.05) is 0 Å². The van der Waals surface area contributed by atoms with Crippen LogP contribution in [0.3, 0.4) is 0 Å². The Bertz CT molecular complexity index is 223. The van der Waals surface area contributed by atoms with Crippen molar-refractivity contribution in [3.8, 4) is 11.1 Å². The standard InChI is InChI=1S/C10H20Cl2Si2/c1-9(2)13(5,11)7-8-14(6,12)10(3)4/h9-10H,1-6H3. The van der Waals surface area contributed by atoms with Crippen molar-refractivity contribution in [3.63, 3.8) is 0 Å². The summed E-state index contributed by atoms with van der Waals surface area (Å²) in [6.07, 6.45) is 0. The molecule has 2 unspecified atom stereocenters. The molecule has 0 saturated carbocycles. The molecule has 0 nitrogen and oxygen atoms in total. The molecule has 0 aromatic carbocycles. The third-order valence-electron chi connectivity index (χ3n) is 2.72. The first-order valence-electron chi connectivity index (χ1n) is 5.01. The van der Waals surface area contributed by atoms with Crippen LogP contribution in [0, 0.1) is 11.1 Å².